The van der Waals surface area contributed by atoms with Crippen molar-refractivity contribution in [1.82, 2.24) is 4.90 Å². The van der Waals surface area contributed by atoms with Crippen molar-refractivity contribution in [2.24, 2.45) is 0 Å². The zero-order valence-electron chi connectivity index (χ0n) is 20.3. The van der Waals surface area contributed by atoms with E-state index in [4.69, 9.17) is 5.11 Å². The lowest BCUT2D eigenvalue weighted by Gasteiger charge is -2.38. The third-order valence-electron chi connectivity index (χ3n) is 7.33. The number of ketones is 1. The second-order valence-electron chi connectivity index (χ2n) is 9.54. The molecule has 1 aliphatic rings. The average molecular weight is 437 g/mol. The number of carbonyl (C=O) groups is 1. The largest absolute Gasteiger partial charge is 0.395 e. The Labute approximate surface area is 194 Å². The van der Waals surface area contributed by atoms with Crippen molar-refractivity contribution in [3.8, 4) is 0 Å². The molecule has 32 heavy (non-hydrogen) atoms. The Morgan fingerprint density at radius 1 is 1.09 bits per heavy atom. The van der Waals surface area contributed by atoms with Crippen LogP contribution in [0.25, 0.3) is 0 Å². The topological polar surface area (TPSA) is 52.6 Å². The van der Waals surface area contributed by atoms with Gasteiger partial charge in [-0.05, 0) is 87.5 Å². The fraction of sp³-hybridized carbons (Fsp3) is 0.536. The summed E-state index contributed by atoms with van der Waals surface area (Å²) >= 11 is 0. The molecule has 1 saturated carbocycles. The van der Waals surface area contributed by atoms with Gasteiger partial charge in [0.05, 0.1) is 12.1 Å². The third-order valence-corrected chi connectivity index (χ3v) is 7.33. The summed E-state index contributed by atoms with van der Waals surface area (Å²) in [7, 11) is 4.04. The zero-order chi connectivity index (χ0) is 23.1. The number of nitrogens with zero attached hydrogens (tertiary/aromatic N) is 1. The van der Waals surface area contributed by atoms with Crippen LogP contribution in [0, 0.1) is 6.92 Å². The summed E-state index contributed by atoms with van der Waals surface area (Å²) in [6.45, 7) is 4.69. The van der Waals surface area contributed by atoms with Gasteiger partial charge in [-0.15, -0.1) is 0 Å². The van der Waals surface area contributed by atoms with Crippen LogP contribution >= 0.6 is 0 Å². The Morgan fingerprint density at radius 3 is 2.34 bits per heavy atom. The van der Waals surface area contributed by atoms with Crippen molar-refractivity contribution in [3.05, 3.63) is 64.7 Å². The van der Waals surface area contributed by atoms with Crippen molar-refractivity contribution in [2.45, 2.75) is 70.3 Å². The lowest BCUT2D eigenvalue weighted by molar-refractivity contribution is 0.0665. The van der Waals surface area contributed by atoms with Gasteiger partial charge in [-0.1, -0.05) is 50.5 Å². The highest BCUT2D eigenvalue weighted by Gasteiger charge is 2.40. The van der Waals surface area contributed by atoms with Crippen LogP contribution in [0.3, 0.4) is 0 Å². The monoisotopic (exact) mass is 436 g/mol. The molecule has 0 radical (unpaired) electrons. The van der Waals surface area contributed by atoms with Gasteiger partial charge in [-0.25, -0.2) is 0 Å². The zero-order valence-corrected chi connectivity index (χ0v) is 20.3. The van der Waals surface area contributed by atoms with Crippen LogP contribution in [0.4, 0.5) is 5.69 Å². The highest BCUT2D eigenvalue weighted by molar-refractivity contribution is 6.04. The number of aliphatic hydroxyl groups is 1. The minimum Gasteiger partial charge on any atom is -0.395 e. The van der Waals surface area contributed by atoms with Gasteiger partial charge >= 0.3 is 0 Å². The summed E-state index contributed by atoms with van der Waals surface area (Å²) in [4.78, 5) is 16.0. The van der Waals surface area contributed by atoms with Crippen LogP contribution in [0.2, 0.25) is 0 Å². The van der Waals surface area contributed by atoms with Crippen LogP contribution < -0.4 is 5.32 Å². The molecule has 4 nitrogen and oxygen atoms in total. The van der Waals surface area contributed by atoms with E-state index in [-0.39, 0.29) is 12.4 Å². The maximum Gasteiger partial charge on any atom is 0.183 e. The van der Waals surface area contributed by atoms with Gasteiger partial charge in [0.1, 0.15) is 0 Å². The highest BCUT2D eigenvalue weighted by atomic mass is 16.3. The number of aryl methyl sites for hydroxylation is 1. The van der Waals surface area contributed by atoms with Gasteiger partial charge in [-0.2, -0.15) is 0 Å². The number of Topliss-reactive ketones (excluding diaryl/α,β-unsaturated/α-hetero) is 1. The second kappa shape index (κ2) is 11.1. The minimum absolute atomic E-state index is 0.0822. The Kier molecular flexibility index (Phi) is 8.50. The predicted octanol–water partition coefficient (Wildman–Crippen LogP) is 5.58. The maximum atomic E-state index is 13.9. The minimum atomic E-state index is -0.586. The molecule has 0 aromatic heterocycles. The van der Waals surface area contributed by atoms with Gasteiger partial charge in [0.15, 0.2) is 5.78 Å². The molecule has 0 saturated heterocycles. The van der Waals surface area contributed by atoms with E-state index in [1.807, 2.05) is 39.2 Å². The fourth-order valence-electron chi connectivity index (χ4n) is 5.20. The molecule has 2 aromatic carbocycles. The lowest BCUT2D eigenvalue weighted by Crippen LogP contribution is -2.52. The summed E-state index contributed by atoms with van der Waals surface area (Å²) in [5.74, 6) is 0.873. The molecule has 4 heteroatoms. The average Bonchev–Trinajstić information content (AvgIpc) is 2.81. The molecule has 174 valence electrons. The van der Waals surface area contributed by atoms with Crippen molar-refractivity contribution in [1.29, 1.82) is 0 Å². The number of carbonyl (C=O) groups excluding carboxylic acids is 1. The summed E-state index contributed by atoms with van der Waals surface area (Å²) in [5.41, 5.74) is 4.75. The van der Waals surface area contributed by atoms with Crippen LogP contribution in [-0.2, 0) is 6.42 Å². The summed E-state index contributed by atoms with van der Waals surface area (Å²) < 4.78 is 0. The summed E-state index contributed by atoms with van der Waals surface area (Å²) in [6.07, 6.45) is 8.10. The molecule has 0 bridgehead atoms. The van der Waals surface area contributed by atoms with Gasteiger partial charge in [0.2, 0.25) is 0 Å². The number of rotatable bonds is 10. The number of anilines is 1. The van der Waals surface area contributed by atoms with Crippen molar-refractivity contribution >= 4 is 11.5 Å². The number of nitrogens with one attached hydrogen (secondary N) is 1. The molecule has 1 fully saturated rings. The van der Waals surface area contributed by atoms with Crippen molar-refractivity contribution in [3.63, 3.8) is 0 Å². The Bertz CT molecular complexity index is 885. The maximum absolute atomic E-state index is 13.9. The van der Waals surface area contributed by atoms with Gasteiger partial charge in [0, 0.05) is 17.8 Å². The quantitative estimate of drug-likeness (QED) is 0.477. The number of hydrogen-bond acceptors (Lipinski definition) is 4. The number of likely N-dealkylation sites (N-methyl/N-ethyl adjacent to an activating group) is 1. The molecule has 0 amide bonds. The Balaban J connectivity index is 1.84. The van der Waals surface area contributed by atoms with Crippen LogP contribution in [0.15, 0.2) is 42.5 Å². The fourth-order valence-corrected chi connectivity index (χ4v) is 5.20. The number of hydrogen-bond donors (Lipinski definition) is 2. The summed E-state index contributed by atoms with van der Waals surface area (Å²) in [6, 6.07) is 14.9. The number of benzene rings is 2. The standard InChI is InChI=1S/C28H40N2O2/c1-5-28(30(3)4,27(32)26-16-15-25(19-21(26)2)29-17-18-31)20-22-11-13-24(14-12-22)23-9-7-6-8-10-23/h11-16,19,23,29,31H,5-10,17-18,20H2,1-4H3. The van der Waals surface area contributed by atoms with Gasteiger partial charge in [0.25, 0.3) is 0 Å². The molecular weight excluding hydrogens is 396 g/mol. The van der Waals surface area contributed by atoms with Crippen molar-refractivity contribution in [2.75, 3.05) is 32.6 Å². The van der Waals surface area contributed by atoms with Gasteiger partial charge in [-0.3, -0.25) is 9.69 Å². The van der Waals surface area contributed by atoms with Gasteiger partial charge < -0.3 is 10.4 Å². The first-order chi connectivity index (χ1) is 15.4. The third kappa shape index (κ3) is 5.41. The van der Waals surface area contributed by atoms with E-state index in [9.17, 15) is 4.79 Å². The van der Waals surface area contributed by atoms with E-state index in [0.717, 1.165) is 23.2 Å². The van der Waals surface area contributed by atoms with E-state index in [1.54, 1.807) is 0 Å². The van der Waals surface area contributed by atoms with E-state index in [2.05, 4.69) is 41.4 Å². The molecule has 1 unspecified atom stereocenters. The van der Waals surface area contributed by atoms with E-state index in [0.29, 0.717) is 18.9 Å². The molecule has 2 N–H and O–H groups in total. The molecule has 0 aliphatic heterocycles. The SMILES string of the molecule is CCC(Cc1ccc(C2CCCCC2)cc1)(C(=O)c1ccc(NCCO)cc1C)N(C)C. The Hall–Kier alpha value is -2.17. The van der Waals surface area contributed by atoms with Crippen LogP contribution in [-0.4, -0.2) is 48.6 Å². The van der Waals surface area contributed by atoms with Crippen LogP contribution in [0.5, 0.6) is 0 Å². The van der Waals surface area contributed by atoms with E-state index < -0.39 is 5.54 Å². The molecule has 0 spiro atoms. The predicted molar refractivity (Wildman–Crippen MR) is 134 cm³/mol. The van der Waals surface area contributed by atoms with Crippen molar-refractivity contribution < 1.29 is 9.90 Å². The molecule has 0 heterocycles. The normalized spacial score (nSPS) is 16.7. The molecule has 1 aliphatic carbocycles. The molecule has 1 atom stereocenters. The van der Waals surface area contributed by atoms with Crippen LogP contribution in [0.1, 0.15) is 78.4 Å². The van der Waals surface area contributed by atoms with E-state index in [1.165, 1.54) is 43.2 Å². The molecule has 2 aromatic rings. The molecule has 3 rings (SSSR count). The van der Waals surface area contributed by atoms with E-state index >= 15 is 0 Å². The first-order valence-electron chi connectivity index (χ1n) is 12.2. The summed E-state index contributed by atoms with van der Waals surface area (Å²) in [5, 5.41) is 12.2. The first-order valence-corrected chi connectivity index (χ1v) is 12.2. The second-order valence-corrected chi connectivity index (χ2v) is 9.54. The Morgan fingerprint density at radius 2 is 1.78 bits per heavy atom. The first kappa shape index (κ1) is 24.5. The molecular formula is C28H40N2O2. The lowest BCUT2D eigenvalue weighted by atomic mass is 9.78. The number of aliphatic hydroxyl groups excluding tert-OH is 1. The highest BCUT2D eigenvalue weighted by Crippen LogP contribution is 2.34. The smallest absolute Gasteiger partial charge is 0.183 e.